The standard InChI is InChI=1S/C16H25N3O2/c1-18(2)11-14-6-3-5-13(9-14)10-17-16(21)19-8-4-7-15(19)12-20/h3,5-6,9,15,20H,4,7-8,10-12H2,1-2H3,(H,17,21). The minimum absolute atomic E-state index is 0.0231. The summed E-state index contributed by atoms with van der Waals surface area (Å²) in [4.78, 5) is 16.0. The molecule has 1 aromatic carbocycles. The molecule has 0 saturated carbocycles. The zero-order valence-corrected chi connectivity index (χ0v) is 12.9. The minimum atomic E-state index is -0.0791. The minimum Gasteiger partial charge on any atom is -0.394 e. The second kappa shape index (κ2) is 7.43. The lowest BCUT2D eigenvalue weighted by molar-refractivity contribution is 0.157. The first-order chi connectivity index (χ1) is 10.1. The van der Waals surface area contributed by atoms with Crippen molar-refractivity contribution in [3.63, 3.8) is 0 Å². The van der Waals surface area contributed by atoms with E-state index in [0.29, 0.717) is 6.54 Å². The largest absolute Gasteiger partial charge is 0.394 e. The molecule has 2 N–H and O–H groups in total. The molecular weight excluding hydrogens is 266 g/mol. The first-order valence-corrected chi connectivity index (χ1v) is 7.48. The fraction of sp³-hybridized carbons (Fsp3) is 0.562. The zero-order valence-electron chi connectivity index (χ0n) is 12.9. The molecule has 21 heavy (non-hydrogen) atoms. The zero-order chi connectivity index (χ0) is 15.2. The Morgan fingerprint density at radius 3 is 2.90 bits per heavy atom. The maximum atomic E-state index is 12.1. The Labute approximate surface area is 126 Å². The fourth-order valence-electron chi connectivity index (χ4n) is 2.78. The average Bonchev–Trinajstić information content (AvgIpc) is 2.93. The number of aliphatic hydroxyl groups is 1. The van der Waals surface area contributed by atoms with Gasteiger partial charge in [0, 0.05) is 19.6 Å². The smallest absolute Gasteiger partial charge is 0.317 e. The molecule has 1 aliphatic rings. The molecule has 0 bridgehead atoms. The van der Waals surface area contributed by atoms with E-state index in [9.17, 15) is 9.90 Å². The molecule has 5 nitrogen and oxygen atoms in total. The number of amides is 2. The van der Waals surface area contributed by atoms with Gasteiger partial charge < -0.3 is 20.2 Å². The Morgan fingerprint density at radius 1 is 1.43 bits per heavy atom. The molecule has 0 aromatic heterocycles. The first-order valence-electron chi connectivity index (χ1n) is 7.48. The van der Waals surface area contributed by atoms with Gasteiger partial charge in [-0.3, -0.25) is 0 Å². The van der Waals surface area contributed by atoms with Gasteiger partial charge in [0.15, 0.2) is 0 Å². The third-order valence-electron chi connectivity index (χ3n) is 3.78. The molecule has 1 aromatic rings. The van der Waals surface area contributed by atoms with Crippen LogP contribution in [-0.2, 0) is 13.1 Å². The van der Waals surface area contributed by atoms with Gasteiger partial charge in [-0.2, -0.15) is 0 Å². The predicted molar refractivity (Wildman–Crippen MR) is 82.9 cm³/mol. The summed E-state index contributed by atoms with van der Waals surface area (Å²) in [5, 5.41) is 12.2. The summed E-state index contributed by atoms with van der Waals surface area (Å²) in [7, 11) is 4.08. The van der Waals surface area contributed by atoms with Crippen molar-refractivity contribution in [2.45, 2.75) is 32.0 Å². The SMILES string of the molecule is CN(C)Cc1cccc(CNC(=O)N2CCCC2CO)c1. The molecular formula is C16H25N3O2. The first kappa shape index (κ1) is 15.8. The Balaban J connectivity index is 1.89. The Bertz CT molecular complexity index is 476. The van der Waals surface area contributed by atoms with Crippen LogP contribution in [0.2, 0.25) is 0 Å². The van der Waals surface area contributed by atoms with Gasteiger partial charge in [-0.05, 0) is 38.1 Å². The lowest BCUT2D eigenvalue weighted by Crippen LogP contribution is -2.43. The summed E-state index contributed by atoms with van der Waals surface area (Å²) < 4.78 is 0. The summed E-state index contributed by atoms with van der Waals surface area (Å²) in [6, 6.07) is 8.15. The van der Waals surface area contributed by atoms with Crippen LogP contribution >= 0.6 is 0 Å². The number of likely N-dealkylation sites (tertiary alicyclic amines) is 1. The molecule has 0 radical (unpaired) electrons. The van der Waals surface area contributed by atoms with Crippen LogP contribution in [0.15, 0.2) is 24.3 Å². The van der Waals surface area contributed by atoms with E-state index < -0.39 is 0 Å². The molecule has 2 amide bonds. The predicted octanol–water partition coefficient (Wildman–Crippen LogP) is 1.41. The van der Waals surface area contributed by atoms with Crippen molar-refractivity contribution in [2.75, 3.05) is 27.2 Å². The third-order valence-corrected chi connectivity index (χ3v) is 3.78. The van der Waals surface area contributed by atoms with Crippen molar-refractivity contribution in [3.8, 4) is 0 Å². The molecule has 1 fully saturated rings. The fourth-order valence-corrected chi connectivity index (χ4v) is 2.78. The molecule has 1 heterocycles. The van der Waals surface area contributed by atoms with E-state index in [0.717, 1.165) is 31.5 Å². The van der Waals surface area contributed by atoms with Gasteiger partial charge in [0.05, 0.1) is 12.6 Å². The summed E-state index contributed by atoms with van der Waals surface area (Å²) in [5.74, 6) is 0. The van der Waals surface area contributed by atoms with Gasteiger partial charge in [-0.15, -0.1) is 0 Å². The van der Waals surface area contributed by atoms with E-state index in [2.05, 4.69) is 22.3 Å². The molecule has 0 spiro atoms. The topological polar surface area (TPSA) is 55.8 Å². The van der Waals surface area contributed by atoms with E-state index >= 15 is 0 Å². The second-order valence-electron chi connectivity index (χ2n) is 5.89. The highest BCUT2D eigenvalue weighted by atomic mass is 16.3. The maximum absolute atomic E-state index is 12.1. The van der Waals surface area contributed by atoms with Crippen LogP contribution in [0, 0.1) is 0 Å². The highest BCUT2D eigenvalue weighted by Gasteiger charge is 2.27. The van der Waals surface area contributed by atoms with E-state index in [1.54, 1.807) is 4.90 Å². The molecule has 0 aliphatic carbocycles. The van der Waals surface area contributed by atoms with Gasteiger partial charge in [0.25, 0.3) is 0 Å². The van der Waals surface area contributed by atoms with Crippen LogP contribution in [0.25, 0.3) is 0 Å². The molecule has 5 heteroatoms. The number of nitrogens with zero attached hydrogens (tertiary/aromatic N) is 2. The second-order valence-corrected chi connectivity index (χ2v) is 5.89. The number of rotatable bonds is 5. The molecule has 1 saturated heterocycles. The highest BCUT2D eigenvalue weighted by molar-refractivity contribution is 5.74. The number of urea groups is 1. The quantitative estimate of drug-likeness (QED) is 0.862. The van der Waals surface area contributed by atoms with Gasteiger partial charge >= 0.3 is 6.03 Å². The molecule has 2 rings (SSSR count). The van der Waals surface area contributed by atoms with Crippen LogP contribution in [-0.4, -0.2) is 54.2 Å². The van der Waals surface area contributed by atoms with Gasteiger partial charge in [-0.25, -0.2) is 4.79 Å². The van der Waals surface area contributed by atoms with Crippen LogP contribution in [0.3, 0.4) is 0 Å². The van der Waals surface area contributed by atoms with E-state index in [-0.39, 0.29) is 18.7 Å². The maximum Gasteiger partial charge on any atom is 0.317 e. The molecule has 1 aliphatic heterocycles. The molecule has 116 valence electrons. The van der Waals surface area contributed by atoms with E-state index in [1.807, 2.05) is 26.2 Å². The van der Waals surface area contributed by atoms with E-state index in [4.69, 9.17) is 0 Å². The number of hydrogen-bond acceptors (Lipinski definition) is 3. The van der Waals surface area contributed by atoms with Crippen LogP contribution in [0.4, 0.5) is 4.79 Å². The third kappa shape index (κ3) is 4.44. The van der Waals surface area contributed by atoms with Crippen molar-refractivity contribution >= 4 is 6.03 Å². The van der Waals surface area contributed by atoms with Gasteiger partial charge in [0.1, 0.15) is 0 Å². The summed E-state index contributed by atoms with van der Waals surface area (Å²) >= 11 is 0. The number of carbonyl (C=O) groups excluding carboxylic acids is 1. The van der Waals surface area contributed by atoms with Crippen LogP contribution in [0.1, 0.15) is 24.0 Å². The summed E-state index contributed by atoms with van der Waals surface area (Å²) in [6.45, 7) is 2.19. The molecule has 1 atom stereocenters. The van der Waals surface area contributed by atoms with Crippen LogP contribution in [0.5, 0.6) is 0 Å². The van der Waals surface area contributed by atoms with E-state index in [1.165, 1.54) is 5.56 Å². The van der Waals surface area contributed by atoms with Crippen LogP contribution < -0.4 is 5.32 Å². The van der Waals surface area contributed by atoms with Crippen molar-refractivity contribution in [1.29, 1.82) is 0 Å². The lowest BCUT2D eigenvalue weighted by atomic mass is 10.1. The Hall–Kier alpha value is -1.59. The number of hydrogen-bond donors (Lipinski definition) is 2. The van der Waals surface area contributed by atoms with Crippen molar-refractivity contribution in [3.05, 3.63) is 35.4 Å². The summed E-state index contributed by atoms with van der Waals surface area (Å²) in [6.07, 6.45) is 1.86. The Kier molecular flexibility index (Phi) is 5.59. The van der Waals surface area contributed by atoms with Crippen molar-refractivity contribution in [2.24, 2.45) is 0 Å². The van der Waals surface area contributed by atoms with Crippen molar-refractivity contribution in [1.82, 2.24) is 15.1 Å². The Morgan fingerprint density at radius 2 is 2.19 bits per heavy atom. The van der Waals surface area contributed by atoms with Gasteiger partial charge in [0.2, 0.25) is 0 Å². The monoisotopic (exact) mass is 291 g/mol. The summed E-state index contributed by atoms with van der Waals surface area (Å²) in [5.41, 5.74) is 2.34. The number of aliphatic hydroxyl groups excluding tert-OH is 1. The highest BCUT2D eigenvalue weighted by Crippen LogP contribution is 2.16. The average molecular weight is 291 g/mol. The normalized spacial score (nSPS) is 18.3. The molecule has 1 unspecified atom stereocenters. The number of nitrogens with one attached hydrogen (secondary N) is 1. The van der Waals surface area contributed by atoms with Gasteiger partial charge in [-0.1, -0.05) is 24.3 Å². The number of benzene rings is 1. The lowest BCUT2D eigenvalue weighted by Gasteiger charge is -2.23. The van der Waals surface area contributed by atoms with Crippen molar-refractivity contribution < 1.29 is 9.90 Å². The number of carbonyl (C=O) groups is 1.